The molecule has 0 bridgehead atoms. The molecule has 3 aromatic rings. The minimum absolute atomic E-state index is 0.612. The number of ether oxygens (including phenoxy) is 3. The number of thioether (sulfide) groups is 1. The van der Waals surface area contributed by atoms with Gasteiger partial charge >= 0.3 is 0 Å². The maximum absolute atomic E-state index is 5.53. The summed E-state index contributed by atoms with van der Waals surface area (Å²) in [7, 11) is 4.91. The summed E-state index contributed by atoms with van der Waals surface area (Å²) in [6, 6.07) is 19.0. The summed E-state index contributed by atoms with van der Waals surface area (Å²) in [5.41, 5.74) is 3.54. The smallest absolute Gasteiger partial charge is 0.203 e. The average Bonchev–Trinajstić information content (AvgIpc) is 3.21. The van der Waals surface area contributed by atoms with Crippen molar-refractivity contribution in [2.45, 2.75) is 6.54 Å². The summed E-state index contributed by atoms with van der Waals surface area (Å²) in [6.45, 7) is 0.844. The molecule has 0 unspecified atom stereocenters. The third-order valence-corrected chi connectivity index (χ3v) is 5.82. The summed E-state index contributed by atoms with van der Waals surface area (Å²) in [5.74, 6) is 2.86. The van der Waals surface area contributed by atoms with Crippen molar-refractivity contribution < 1.29 is 14.2 Å². The second-order valence-corrected chi connectivity index (χ2v) is 7.38. The maximum Gasteiger partial charge on any atom is 0.203 e. The van der Waals surface area contributed by atoms with Crippen LogP contribution in [-0.2, 0) is 6.54 Å². The van der Waals surface area contributed by atoms with E-state index in [-0.39, 0.29) is 0 Å². The molecule has 4 nitrogen and oxygen atoms in total. The van der Waals surface area contributed by atoms with E-state index in [2.05, 4.69) is 52.8 Å². The fourth-order valence-corrected chi connectivity index (χ4v) is 4.52. The van der Waals surface area contributed by atoms with Crippen molar-refractivity contribution in [2.75, 3.05) is 27.2 Å². The van der Waals surface area contributed by atoms with Crippen molar-refractivity contribution >= 4 is 28.2 Å². The van der Waals surface area contributed by atoms with Gasteiger partial charge in [-0.1, -0.05) is 42.5 Å². The highest BCUT2D eigenvalue weighted by Gasteiger charge is 2.22. The molecule has 0 aliphatic carbocycles. The van der Waals surface area contributed by atoms with Gasteiger partial charge in [-0.2, -0.15) is 0 Å². The summed E-state index contributed by atoms with van der Waals surface area (Å²) in [6.07, 6.45) is 0. The number of benzene rings is 3. The van der Waals surface area contributed by atoms with Gasteiger partial charge in [-0.05, 0) is 33.9 Å². The van der Waals surface area contributed by atoms with Crippen LogP contribution in [0, 0.1) is 0 Å². The molecule has 0 saturated carbocycles. The van der Waals surface area contributed by atoms with Gasteiger partial charge in [0.2, 0.25) is 5.75 Å². The number of hydrogen-bond acceptors (Lipinski definition) is 5. The van der Waals surface area contributed by atoms with E-state index in [9.17, 15) is 0 Å². The zero-order valence-electron chi connectivity index (χ0n) is 16.3. The predicted octanol–water partition coefficient (Wildman–Crippen LogP) is 5.37. The molecule has 0 atom stereocenters. The molecule has 4 rings (SSSR count). The highest BCUT2D eigenvalue weighted by Crippen LogP contribution is 2.42. The molecule has 0 saturated heterocycles. The van der Waals surface area contributed by atoms with E-state index < -0.39 is 0 Å². The van der Waals surface area contributed by atoms with Gasteiger partial charge in [-0.25, -0.2) is 0 Å². The molecule has 28 heavy (non-hydrogen) atoms. The van der Waals surface area contributed by atoms with E-state index >= 15 is 0 Å². The van der Waals surface area contributed by atoms with Gasteiger partial charge in [-0.3, -0.25) is 0 Å². The number of fused-ring (bicyclic) bond motifs is 1. The minimum Gasteiger partial charge on any atom is -0.493 e. The second-order valence-electron chi connectivity index (χ2n) is 6.55. The zero-order chi connectivity index (χ0) is 19.5. The van der Waals surface area contributed by atoms with Gasteiger partial charge < -0.3 is 19.1 Å². The number of methoxy groups -OCH3 is 3. The lowest BCUT2D eigenvalue weighted by atomic mass is 10.0. The van der Waals surface area contributed by atoms with Gasteiger partial charge in [0.1, 0.15) is 0 Å². The Morgan fingerprint density at radius 2 is 1.61 bits per heavy atom. The molecule has 0 spiro atoms. The van der Waals surface area contributed by atoms with Crippen LogP contribution in [-0.4, -0.2) is 32.1 Å². The van der Waals surface area contributed by atoms with Crippen LogP contribution in [0.1, 0.15) is 11.1 Å². The molecule has 3 aromatic carbocycles. The standard InChI is InChI=1S/C23H23NO3S/c1-25-21-11-18(12-22(26-2)23(21)27-3)20-14-28-15-24(20)13-17-9-6-8-16-7-4-5-10-19(16)17/h4-12,14H,13,15H2,1-3H3. The lowest BCUT2D eigenvalue weighted by Gasteiger charge is -2.24. The molecule has 0 amide bonds. The predicted molar refractivity (Wildman–Crippen MR) is 116 cm³/mol. The number of rotatable bonds is 6. The Labute approximate surface area is 169 Å². The van der Waals surface area contributed by atoms with Crippen molar-refractivity contribution in [2.24, 2.45) is 0 Å². The third-order valence-electron chi connectivity index (χ3n) is 4.97. The van der Waals surface area contributed by atoms with Crippen LogP contribution < -0.4 is 14.2 Å². The van der Waals surface area contributed by atoms with Gasteiger partial charge in [0, 0.05) is 12.1 Å². The van der Waals surface area contributed by atoms with Crippen LogP contribution in [0.2, 0.25) is 0 Å². The van der Waals surface area contributed by atoms with E-state index in [0.29, 0.717) is 17.2 Å². The first-order valence-electron chi connectivity index (χ1n) is 9.09. The SMILES string of the molecule is COc1cc(C2=CSCN2Cc2cccc3ccccc23)cc(OC)c1OC. The Hall–Kier alpha value is -2.79. The summed E-state index contributed by atoms with van der Waals surface area (Å²) in [5, 5.41) is 4.77. The van der Waals surface area contributed by atoms with E-state index in [4.69, 9.17) is 14.2 Å². The minimum atomic E-state index is 0.612. The van der Waals surface area contributed by atoms with Gasteiger partial charge in [0.05, 0.1) is 32.9 Å². The first-order chi connectivity index (χ1) is 13.7. The quantitative estimate of drug-likeness (QED) is 0.562. The fraction of sp³-hybridized carbons (Fsp3) is 0.217. The normalized spacial score (nSPS) is 13.5. The molecule has 1 heterocycles. The Bertz CT molecular complexity index is 1000. The molecule has 1 aliphatic rings. The van der Waals surface area contributed by atoms with E-state index in [1.807, 2.05) is 12.1 Å². The molecule has 1 aliphatic heterocycles. The van der Waals surface area contributed by atoms with E-state index in [1.165, 1.54) is 16.3 Å². The molecule has 144 valence electrons. The van der Waals surface area contributed by atoms with Gasteiger partial charge in [0.25, 0.3) is 0 Å². The lowest BCUT2D eigenvalue weighted by Crippen LogP contribution is -2.18. The number of nitrogens with zero attached hydrogens (tertiary/aromatic N) is 1. The van der Waals surface area contributed by atoms with Crippen LogP contribution in [0.4, 0.5) is 0 Å². The van der Waals surface area contributed by atoms with E-state index in [1.54, 1.807) is 33.1 Å². The molecular weight excluding hydrogens is 370 g/mol. The van der Waals surface area contributed by atoms with Crippen molar-refractivity contribution in [1.82, 2.24) is 4.90 Å². The summed E-state index contributed by atoms with van der Waals surface area (Å²) in [4.78, 5) is 2.38. The lowest BCUT2D eigenvalue weighted by molar-refractivity contribution is 0.324. The Balaban J connectivity index is 1.69. The third kappa shape index (κ3) is 3.38. The van der Waals surface area contributed by atoms with Crippen LogP contribution in [0.15, 0.2) is 60.0 Å². The van der Waals surface area contributed by atoms with Crippen molar-refractivity contribution in [3.8, 4) is 17.2 Å². The largest absolute Gasteiger partial charge is 0.493 e. The molecule has 5 heteroatoms. The topological polar surface area (TPSA) is 30.9 Å². The van der Waals surface area contributed by atoms with Crippen molar-refractivity contribution in [3.05, 3.63) is 71.1 Å². The monoisotopic (exact) mass is 393 g/mol. The molecule has 0 N–H and O–H groups in total. The first-order valence-corrected chi connectivity index (χ1v) is 10.1. The van der Waals surface area contributed by atoms with Crippen LogP contribution >= 0.6 is 11.8 Å². The zero-order valence-corrected chi connectivity index (χ0v) is 17.1. The number of hydrogen-bond donors (Lipinski definition) is 0. The van der Waals surface area contributed by atoms with Gasteiger partial charge in [-0.15, -0.1) is 11.8 Å². The van der Waals surface area contributed by atoms with Crippen LogP contribution in [0.5, 0.6) is 17.2 Å². The molecule has 0 aromatic heterocycles. The van der Waals surface area contributed by atoms with Crippen molar-refractivity contribution in [3.63, 3.8) is 0 Å². The first kappa shape index (κ1) is 18.6. The summed E-state index contributed by atoms with van der Waals surface area (Å²) >= 11 is 1.80. The van der Waals surface area contributed by atoms with Gasteiger partial charge in [0.15, 0.2) is 11.5 Å². The van der Waals surface area contributed by atoms with E-state index in [0.717, 1.165) is 23.7 Å². The van der Waals surface area contributed by atoms with Crippen molar-refractivity contribution in [1.29, 1.82) is 0 Å². The molecule has 0 fully saturated rings. The Morgan fingerprint density at radius 3 is 2.32 bits per heavy atom. The fourth-order valence-electron chi connectivity index (χ4n) is 3.60. The molecule has 0 radical (unpaired) electrons. The Morgan fingerprint density at radius 1 is 0.893 bits per heavy atom. The van der Waals surface area contributed by atoms with Crippen LogP contribution in [0.25, 0.3) is 16.5 Å². The average molecular weight is 394 g/mol. The highest BCUT2D eigenvalue weighted by molar-refractivity contribution is 8.02. The summed E-state index contributed by atoms with van der Waals surface area (Å²) < 4.78 is 16.5. The molecular formula is C23H23NO3S. The maximum atomic E-state index is 5.53. The Kier molecular flexibility index (Phi) is 5.35. The highest BCUT2D eigenvalue weighted by atomic mass is 32.2. The van der Waals surface area contributed by atoms with Crippen LogP contribution in [0.3, 0.4) is 0 Å². The second kappa shape index (κ2) is 8.07.